The van der Waals surface area contributed by atoms with Gasteiger partial charge >= 0.3 is 0 Å². The lowest BCUT2D eigenvalue weighted by molar-refractivity contribution is 0.0740. The molecule has 200 valence electrons. The summed E-state index contributed by atoms with van der Waals surface area (Å²) in [7, 11) is 1.47. The van der Waals surface area contributed by atoms with Gasteiger partial charge in [0.05, 0.1) is 54.8 Å². The van der Waals surface area contributed by atoms with Crippen LogP contribution in [-0.4, -0.2) is 84.7 Å². The van der Waals surface area contributed by atoms with E-state index in [2.05, 4.69) is 10.3 Å². The topological polar surface area (TPSA) is 113 Å². The van der Waals surface area contributed by atoms with E-state index in [0.717, 1.165) is 12.8 Å². The minimum Gasteiger partial charge on any atom is -0.493 e. The van der Waals surface area contributed by atoms with Crippen LogP contribution in [0.1, 0.15) is 45.5 Å². The van der Waals surface area contributed by atoms with Crippen LogP contribution in [-0.2, 0) is 6.61 Å². The molecule has 0 bridgehead atoms. The molecular weight excluding hydrogens is 495 g/mol. The number of amides is 2. The zero-order chi connectivity index (χ0) is 26.4. The Morgan fingerprint density at radius 1 is 1.08 bits per heavy atom. The number of halogens is 1. The van der Waals surface area contributed by atoms with Crippen LogP contribution in [0.15, 0.2) is 29.3 Å². The molecule has 0 saturated carbocycles. The number of alkyl halides is 1. The Hall–Kier alpha value is -3.86. The predicted octanol–water partition coefficient (Wildman–Crippen LogP) is 2.90. The number of aliphatic imine (C=N–C) groups is 1. The molecular formula is C27H29FN4O6. The van der Waals surface area contributed by atoms with E-state index >= 15 is 0 Å². The first-order valence-electron chi connectivity index (χ1n) is 12.8. The minimum absolute atomic E-state index is 0.0175. The Morgan fingerprint density at radius 3 is 2.71 bits per heavy atom. The number of hydrogen-bond acceptors (Lipinski definition) is 8. The van der Waals surface area contributed by atoms with Crippen LogP contribution in [0, 0.1) is 0 Å². The summed E-state index contributed by atoms with van der Waals surface area (Å²) in [6.07, 6.45) is 2.90. The van der Waals surface area contributed by atoms with Gasteiger partial charge in [0.15, 0.2) is 11.5 Å². The summed E-state index contributed by atoms with van der Waals surface area (Å²) >= 11 is 0. The van der Waals surface area contributed by atoms with Gasteiger partial charge in [-0.1, -0.05) is 0 Å². The Bertz CT molecular complexity index is 1320. The Balaban J connectivity index is 1.21. The average molecular weight is 525 g/mol. The first-order valence-corrected chi connectivity index (χ1v) is 12.8. The van der Waals surface area contributed by atoms with Crippen molar-refractivity contribution < 1.29 is 33.3 Å². The summed E-state index contributed by atoms with van der Waals surface area (Å²) in [5, 5.41) is 13.2. The third-order valence-electron chi connectivity index (χ3n) is 7.64. The molecule has 11 heteroatoms. The van der Waals surface area contributed by atoms with Crippen molar-refractivity contribution in [2.75, 3.05) is 38.9 Å². The smallest absolute Gasteiger partial charge is 0.256 e. The van der Waals surface area contributed by atoms with Crippen LogP contribution >= 0.6 is 0 Å². The Kier molecular flexibility index (Phi) is 6.30. The molecule has 0 spiro atoms. The molecule has 4 aliphatic heterocycles. The molecule has 2 saturated heterocycles. The number of anilines is 1. The Labute approximate surface area is 219 Å². The van der Waals surface area contributed by atoms with Crippen LogP contribution in [0.4, 0.5) is 15.8 Å². The van der Waals surface area contributed by atoms with Crippen LogP contribution in [0.25, 0.3) is 0 Å². The normalized spacial score (nSPS) is 23.6. The van der Waals surface area contributed by atoms with Gasteiger partial charge in [0.1, 0.15) is 11.9 Å². The number of nitrogens with one attached hydrogen (secondary N) is 1. The van der Waals surface area contributed by atoms with Crippen molar-refractivity contribution in [3.63, 3.8) is 0 Å². The van der Waals surface area contributed by atoms with E-state index in [0.29, 0.717) is 64.8 Å². The average Bonchev–Trinajstić information content (AvgIpc) is 3.50. The highest BCUT2D eigenvalue weighted by Crippen LogP contribution is 2.38. The highest BCUT2D eigenvalue weighted by atomic mass is 19.1. The van der Waals surface area contributed by atoms with Crippen molar-refractivity contribution in [3.8, 4) is 17.2 Å². The Morgan fingerprint density at radius 2 is 1.89 bits per heavy atom. The molecule has 2 N–H and O–H groups in total. The number of rotatable bonds is 6. The molecule has 0 unspecified atom stereocenters. The number of carbonyl (C=O) groups excluding carboxylic acids is 2. The third-order valence-corrected chi connectivity index (χ3v) is 7.64. The number of methoxy groups -OCH3 is 1. The largest absolute Gasteiger partial charge is 0.493 e. The fraction of sp³-hybridized carbons (Fsp3) is 0.444. The van der Waals surface area contributed by atoms with Crippen molar-refractivity contribution in [2.45, 2.75) is 44.1 Å². The summed E-state index contributed by atoms with van der Waals surface area (Å²) in [5.74, 6) is 0.686. The molecule has 38 heavy (non-hydrogen) atoms. The van der Waals surface area contributed by atoms with Crippen LogP contribution < -0.4 is 19.5 Å². The number of aliphatic hydroxyl groups is 1. The van der Waals surface area contributed by atoms with Gasteiger partial charge < -0.3 is 34.4 Å². The molecule has 2 aromatic rings. The van der Waals surface area contributed by atoms with Gasteiger partial charge in [-0.3, -0.25) is 14.6 Å². The van der Waals surface area contributed by atoms with E-state index in [9.17, 15) is 19.1 Å². The third kappa shape index (κ3) is 4.20. The van der Waals surface area contributed by atoms with Gasteiger partial charge in [0.2, 0.25) is 6.79 Å². The first kappa shape index (κ1) is 24.5. The minimum atomic E-state index is -1.02. The maximum atomic E-state index is 13.9. The SMILES string of the molecule is COc1cc2c(cc1OCOc1cc3c(cc1CO)C(=O)N1CCC[C@H]1C=N3)NC[C@@H]1C[C@H](F)CN1C2=O. The lowest BCUT2D eigenvalue weighted by Crippen LogP contribution is -2.37. The lowest BCUT2D eigenvalue weighted by atomic mass is 10.1. The predicted molar refractivity (Wildman–Crippen MR) is 137 cm³/mol. The zero-order valence-electron chi connectivity index (χ0n) is 21.0. The summed E-state index contributed by atoms with van der Waals surface area (Å²) in [6.45, 7) is 0.664. The second-order valence-electron chi connectivity index (χ2n) is 9.90. The first-order chi connectivity index (χ1) is 18.5. The maximum absolute atomic E-state index is 13.9. The summed E-state index contributed by atoms with van der Waals surface area (Å²) in [4.78, 5) is 34.0. The molecule has 0 radical (unpaired) electrons. The number of ether oxygens (including phenoxy) is 3. The van der Waals surface area contributed by atoms with E-state index in [1.165, 1.54) is 7.11 Å². The summed E-state index contributed by atoms with van der Waals surface area (Å²) in [5.41, 5.74) is 2.33. The number of aliphatic hydroxyl groups excluding tert-OH is 1. The fourth-order valence-corrected chi connectivity index (χ4v) is 5.67. The number of hydrogen-bond donors (Lipinski definition) is 2. The van der Waals surface area contributed by atoms with Gasteiger partial charge in [-0.05, 0) is 25.0 Å². The van der Waals surface area contributed by atoms with Gasteiger partial charge in [-0.25, -0.2) is 4.39 Å². The summed E-state index contributed by atoms with van der Waals surface area (Å²) < 4.78 is 31.1. The van der Waals surface area contributed by atoms with Crippen molar-refractivity contribution in [3.05, 3.63) is 41.0 Å². The number of carbonyl (C=O) groups is 2. The fourth-order valence-electron chi connectivity index (χ4n) is 5.67. The van der Waals surface area contributed by atoms with Crippen LogP contribution in [0.5, 0.6) is 17.2 Å². The van der Waals surface area contributed by atoms with E-state index in [4.69, 9.17) is 14.2 Å². The van der Waals surface area contributed by atoms with Gasteiger partial charge in [-0.2, -0.15) is 0 Å². The molecule has 2 fully saturated rings. The second kappa shape index (κ2) is 9.79. The molecule has 0 aromatic heterocycles. The molecule has 2 aromatic carbocycles. The lowest BCUT2D eigenvalue weighted by Gasteiger charge is -2.21. The molecule has 4 heterocycles. The number of benzene rings is 2. The quantitative estimate of drug-likeness (QED) is 0.559. The van der Waals surface area contributed by atoms with Crippen LogP contribution in [0.2, 0.25) is 0 Å². The standard InChI is InChI=1S/C27H29FN4O6/c1-36-24-7-20-22(30-11-18-6-16(28)12-32(18)27(20)35)9-25(24)38-14-37-23-8-21-19(5-15(23)13-33)26(34)31-4-2-3-17(31)10-29-21/h5,7-10,16-18,30,33H,2-4,6,11-14H2,1H3/t16-,17-,18-/m0/s1. The molecule has 3 atom stereocenters. The number of fused-ring (bicyclic) bond motifs is 4. The van der Waals surface area contributed by atoms with E-state index in [1.807, 2.05) is 4.90 Å². The molecule has 2 amide bonds. The molecule has 10 nitrogen and oxygen atoms in total. The van der Waals surface area contributed by atoms with Crippen molar-refractivity contribution in [1.29, 1.82) is 0 Å². The zero-order valence-corrected chi connectivity index (χ0v) is 21.0. The van der Waals surface area contributed by atoms with Crippen molar-refractivity contribution in [2.24, 2.45) is 4.99 Å². The van der Waals surface area contributed by atoms with Crippen molar-refractivity contribution >= 4 is 29.4 Å². The maximum Gasteiger partial charge on any atom is 0.256 e. The van der Waals surface area contributed by atoms with Gasteiger partial charge in [0, 0.05) is 43.4 Å². The highest BCUT2D eigenvalue weighted by Gasteiger charge is 2.39. The van der Waals surface area contributed by atoms with Crippen molar-refractivity contribution in [1.82, 2.24) is 9.80 Å². The van der Waals surface area contributed by atoms with E-state index in [-0.39, 0.29) is 43.8 Å². The highest BCUT2D eigenvalue weighted by molar-refractivity contribution is 6.03. The van der Waals surface area contributed by atoms with Gasteiger partial charge in [-0.15, -0.1) is 0 Å². The summed E-state index contributed by atoms with van der Waals surface area (Å²) in [6, 6.07) is 6.29. The van der Waals surface area contributed by atoms with E-state index < -0.39 is 6.17 Å². The van der Waals surface area contributed by atoms with Crippen LogP contribution in [0.3, 0.4) is 0 Å². The van der Waals surface area contributed by atoms with Gasteiger partial charge in [0.25, 0.3) is 11.8 Å². The monoisotopic (exact) mass is 524 g/mol. The molecule has 6 rings (SSSR count). The molecule has 4 aliphatic rings. The second-order valence-corrected chi connectivity index (χ2v) is 9.90. The van der Waals surface area contributed by atoms with E-state index in [1.54, 1.807) is 35.4 Å². The number of nitrogens with zero attached hydrogens (tertiary/aromatic N) is 3. The molecule has 0 aliphatic carbocycles.